The van der Waals surface area contributed by atoms with Crippen LogP contribution in [0, 0.1) is 17.8 Å². The van der Waals surface area contributed by atoms with Gasteiger partial charge in [0, 0.05) is 12.8 Å². The first-order valence-electron chi connectivity index (χ1n) is 11.0. The van der Waals surface area contributed by atoms with Gasteiger partial charge in [-0.25, -0.2) is 0 Å². The van der Waals surface area contributed by atoms with Crippen LogP contribution in [0.2, 0.25) is 0 Å². The molecular weight excluding hydrogens is 340 g/mol. The number of hydrogen-bond acceptors (Lipinski definition) is 4. The fourth-order valence-corrected chi connectivity index (χ4v) is 3.57. The smallest absolute Gasteiger partial charge is 0.305 e. The van der Waals surface area contributed by atoms with E-state index in [0.29, 0.717) is 18.8 Å². The number of carbonyl (C=O) groups excluding carboxylic acids is 2. The fraction of sp³-hybridized carbons (Fsp3) is 0.913. The summed E-state index contributed by atoms with van der Waals surface area (Å²) in [5.74, 6) is 2.09. The van der Waals surface area contributed by atoms with Crippen LogP contribution in [0.3, 0.4) is 0 Å². The van der Waals surface area contributed by atoms with Crippen molar-refractivity contribution in [3.8, 4) is 0 Å². The van der Waals surface area contributed by atoms with Crippen molar-refractivity contribution in [2.75, 3.05) is 14.2 Å². The molecule has 0 aliphatic carbocycles. The highest BCUT2D eigenvalue weighted by molar-refractivity contribution is 5.69. The van der Waals surface area contributed by atoms with Crippen molar-refractivity contribution in [3.63, 3.8) is 0 Å². The summed E-state index contributed by atoms with van der Waals surface area (Å²) in [5.41, 5.74) is 0. The summed E-state index contributed by atoms with van der Waals surface area (Å²) in [4.78, 5) is 22.2. The van der Waals surface area contributed by atoms with Gasteiger partial charge in [-0.05, 0) is 30.6 Å². The summed E-state index contributed by atoms with van der Waals surface area (Å²) in [6.07, 6.45) is 14.2. The molecular formula is C23H44O4. The van der Waals surface area contributed by atoms with Gasteiger partial charge in [-0.3, -0.25) is 9.59 Å². The molecule has 0 aromatic heterocycles. The Balaban J connectivity index is 3.59. The zero-order chi connectivity index (χ0) is 20.5. The molecule has 3 unspecified atom stereocenters. The molecule has 0 rings (SSSR count). The Morgan fingerprint density at radius 3 is 1.63 bits per heavy atom. The highest BCUT2D eigenvalue weighted by Gasteiger charge is 2.13. The van der Waals surface area contributed by atoms with E-state index in [2.05, 4.69) is 30.2 Å². The molecule has 0 aromatic rings. The standard InChI is InChI=1S/C23H44O4/c1-19(14-12-18-23(25)27-5)13-11-16-21(3)20(2)15-9-7-6-8-10-17-22(24)26-4/h19-21H,6-18H2,1-5H3. The number of methoxy groups -OCH3 is 2. The van der Waals surface area contributed by atoms with E-state index in [0.717, 1.165) is 37.5 Å². The Labute approximate surface area is 167 Å². The van der Waals surface area contributed by atoms with Crippen LogP contribution in [0.15, 0.2) is 0 Å². The van der Waals surface area contributed by atoms with Crippen molar-refractivity contribution < 1.29 is 19.1 Å². The first kappa shape index (κ1) is 25.9. The van der Waals surface area contributed by atoms with Crippen LogP contribution in [-0.2, 0) is 19.1 Å². The minimum absolute atomic E-state index is 0.0877. The maximum Gasteiger partial charge on any atom is 0.305 e. The highest BCUT2D eigenvalue weighted by atomic mass is 16.5. The fourth-order valence-electron chi connectivity index (χ4n) is 3.57. The highest BCUT2D eigenvalue weighted by Crippen LogP contribution is 2.25. The predicted molar refractivity (Wildman–Crippen MR) is 112 cm³/mol. The van der Waals surface area contributed by atoms with Crippen molar-refractivity contribution in [1.29, 1.82) is 0 Å². The van der Waals surface area contributed by atoms with Gasteiger partial charge in [0.2, 0.25) is 0 Å². The van der Waals surface area contributed by atoms with Crippen molar-refractivity contribution in [3.05, 3.63) is 0 Å². The molecule has 4 nitrogen and oxygen atoms in total. The topological polar surface area (TPSA) is 52.6 Å². The summed E-state index contributed by atoms with van der Waals surface area (Å²) in [5, 5.41) is 0. The summed E-state index contributed by atoms with van der Waals surface area (Å²) >= 11 is 0. The van der Waals surface area contributed by atoms with Crippen molar-refractivity contribution in [1.82, 2.24) is 0 Å². The van der Waals surface area contributed by atoms with E-state index in [1.54, 1.807) is 0 Å². The van der Waals surface area contributed by atoms with Crippen molar-refractivity contribution in [2.45, 2.75) is 104 Å². The van der Waals surface area contributed by atoms with Gasteiger partial charge in [0.25, 0.3) is 0 Å². The van der Waals surface area contributed by atoms with Crippen LogP contribution in [0.4, 0.5) is 0 Å². The molecule has 0 amide bonds. The maximum absolute atomic E-state index is 11.1. The van der Waals surface area contributed by atoms with Gasteiger partial charge in [0.05, 0.1) is 14.2 Å². The van der Waals surface area contributed by atoms with E-state index in [1.807, 2.05) is 0 Å². The van der Waals surface area contributed by atoms with Crippen LogP contribution in [-0.4, -0.2) is 26.2 Å². The van der Waals surface area contributed by atoms with Gasteiger partial charge < -0.3 is 9.47 Å². The van der Waals surface area contributed by atoms with Crippen LogP contribution >= 0.6 is 0 Å². The van der Waals surface area contributed by atoms with Gasteiger partial charge >= 0.3 is 11.9 Å². The normalized spacial score (nSPS) is 14.4. The zero-order valence-electron chi connectivity index (χ0n) is 18.6. The Hall–Kier alpha value is -1.06. The second kappa shape index (κ2) is 17.1. The third kappa shape index (κ3) is 15.7. The lowest BCUT2D eigenvalue weighted by Gasteiger charge is -2.20. The molecule has 0 saturated heterocycles. The quantitative estimate of drug-likeness (QED) is 0.218. The average molecular weight is 385 g/mol. The first-order chi connectivity index (χ1) is 12.9. The van der Waals surface area contributed by atoms with Crippen molar-refractivity contribution in [2.24, 2.45) is 17.8 Å². The summed E-state index contributed by atoms with van der Waals surface area (Å²) in [6.45, 7) is 7.08. The van der Waals surface area contributed by atoms with E-state index in [-0.39, 0.29) is 11.9 Å². The van der Waals surface area contributed by atoms with Gasteiger partial charge in [-0.2, -0.15) is 0 Å². The third-order valence-corrected chi connectivity index (χ3v) is 5.90. The molecule has 0 N–H and O–H groups in total. The molecule has 0 aliphatic heterocycles. The van der Waals surface area contributed by atoms with Gasteiger partial charge in [0.1, 0.15) is 0 Å². The van der Waals surface area contributed by atoms with Crippen LogP contribution in [0.5, 0.6) is 0 Å². The first-order valence-corrected chi connectivity index (χ1v) is 11.0. The average Bonchev–Trinajstić information content (AvgIpc) is 2.66. The van der Waals surface area contributed by atoms with Crippen molar-refractivity contribution >= 4 is 11.9 Å². The maximum atomic E-state index is 11.1. The Kier molecular flexibility index (Phi) is 16.4. The molecule has 0 spiro atoms. The molecule has 4 heteroatoms. The Bertz CT molecular complexity index is 381. The lowest BCUT2D eigenvalue weighted by molar-refractivity contribution is -0.141. The van der Waals surface area contributed by atoms with E-state index in [4.69, 9.17) is 0 Å². The van der Waals surface area contributed by atoms with E-state index < -0.39 is 0 Å². The van der Waals surface area contributed by atoms with Gasteiger partial charge in [-0.1, -0.05) is 78.6 Å². The molecule has 0 heterocycles. The number of carbonyl (C=O) groups is 2. The number of esters is 2. The minimum atomic E-state index is -0.0897. The molecule has 160 valence electrons. The Morgan fingerprint density at radius 1 is 0.593 bits per heavy atom. The minimum Gasteiger partial charge on any atom is -0.469 e. The van der Waals surface area contributed by atoms with Gasteiger partial charge in [-0.15, -0.1) is 0 Å². The van der Waals surface area contributed by atoms with Crippen LogP contribution < -0.4 is 0 Å². The molecule has 0 aliphatic rings. The second-order valence-electron chi connectivity index (χ2n) is 8.34. The largest absolute Gasteiger partial charge is 0.469 e. The van der Waals surface area contributed by atoms with E-state index in [9.17, 15) is 9.59 Å². The molecule has 3 atom stereocenters. The predicted octanol–water partition coefficient (Wildman–Crippen LogP) is 6.31. The van der Waals surface area contributed by atoms with E-state index in [1.165, 1.54) is 59.2 Å². The zero-order valence-corrected chi connectivity index (χ0v) is 18.6. The molecule has 0 aromatic carbocycles. The number of unbranched alkanes of at least 4 members (excludes halogenated alkanes) is 4. The lowest BCUT2D eigenvalue weighted by Crippen LogP contribution is -2.09. The molecule has 0 radical (unpaired) electrons. The second-order valence-corrected chi connectivity index (χ2v) is 8.34. The Morgan fingerprint density at radius 2 is 1.04 bits per heavy atom. The lowest BCUT2D eigenvalue weighted by atomic mass is 9.85. The van der Waals surface area contributed by atoms with Crippen LogP contribution in [0.1, 0.15) is 104 Å². The molecule has 0 saturated carbocycles. The molecule has 0 bridgehead atoms. The monoisotopic (exact) mass is 384 g/mol. The SMILES string of the molecule is COC(=O)CCCCCCCC(C)C(C)CCCC(C)CCCC(=O)OC. The molecule has 0 fully saturated rings. The third-order valence-electron chi connectivity index (χ3n) is 5.90. The van der Waals surface area contributed by atoms with E-state index >= 15 is 0 Å². The van der Waals surface area contributed by atoms with Gasteiger partial charge in [0.15, 0.2) is 0 Å². The molecule has 27 heavy (non-hydrogen) atoms. The summed E-state index contributed by atoms with van der Waals surface area (Å²) in [6, 6.07) is 0. The number of rotatable bonds is 17. The summed E-state index contributed by atoms with van der Waals surface area (Å²) in [7, 11) is 2.91. The summed E-state index contributed by atoms with van der Waals surface area (Å²) < 4.78 is 9.35. The number of ether oxygens (including phenoxy) is 2. The van der Waals surface area contributed by atoms with Crippen LogP contribution in [0.25, 0.3) is 0 Å². The number of hydrogen-bond donors (Lipinski definition) is 0.